The molecule has 0 saturated heterocycles. The van der Waals surface area contributed by atoms with Crippen molar-refractivity contribution in [3.8, 4) is 0 Å². The summed E-state index contributed by atoms with van der Waals surface area (Å²) in [6.45, 7) is 6.52. The average molecular weight is 198 g/mol. The number of carbonyl (C=O) groups is 1. The topological polar surface area (TPSA) is 40.1 Å². The highest BCUT2D eigenvalue weighted by Gasteiger charge is 1.91. The highest BCUT2D eigenvalue weighted by molar-refractivity contribution is 5.92. The first kappa shape index (κ1) is 15.2. The number of carbonyl (C=O) groups excluding carboxylic acids is 1. The lowest BCUT2D eigenvalue weighted by atomic mass is 10.2. The van der Waals surface area contributed by atoms with Crippen molar-refractivity contribution in [2.45, 2.75) is 35.1 Å². The second kappa shape index (κ2) is 7.13. The van der Waals surface area contributed by atoms with Crippen LogP contribution >= 0.6 is 0 Å². The second-order valence-electron chi connectivity index (χ2n) is 3.00. The van der Waals surface area contributed by atoms with Crippen molar-refractivity contribution in [3.63, 3.8) is 0 Å². The molecule has 0 aromatic rings. The molecule has 0 fully saturated rings. The van der Waals surface area contributed by atoms with E-state index in [0.717, 1.165) is 0 Å². The average Bonchev–Trinajstić information content (AvgIpc) is 2.03. The van der Waals surface area contributed by atoms with E-state index >= 15 is 0 Å². The van der Waals surface area contributed by atoms with E-state index in [1.165, 1.54) is 13.8 Å². The summed E-state index contributed by atoms with van der Waals surface area (Å²) in [6, 6.07) is 0. The minimum atomic E-state index is 0. The van der Waals surface area contributed by atoms with Gasteiger partial charge in [-0.05, 0) is 26.3 Å². The molecule has 0 aliphatic heterocycles. The lowest BCUT2D eigenvalue weighted by Crippen LogP contribution is -1.99. The third-order valence-electron chi connectivity index (χ3n) is 1.80. The normalized spacial score (nSPS) is 13.6. The maximum absolute atomic E-state index is 10.8. The predicted molar refractivity (Wildman–Crippen MR) is 60.8 cm³/mol. The largest absolute Gasteiger partial charge is 0.875 e. The number of rotatable bonds is 3. The van der Waals surface area contributed by atoms with E-state index in [-0.39, 0.29) is 20.4 Å². The van der Waals surface area contributed by atoms with Crippen LogP contribution in [-0.4, -0.2) is 5.78 Å². The number of ketones is 1. The van der Waals surface area contributed by atoms with Crippen LogP contribution in [0.2, 0.25) is 0 Å². The van der Waals surface area contributed by atoms with Crippen LogP contribution < -0.4 is 5.11 Å². The summed E-state index contributed by atoms with van der Waals surface area (Å²) < 4.78 is 0. The molecular formula is C12H21O2-. The molecule has 0 aromatic carbocycles. The van der Waals surface area contributed by atoms with Crippen molar-refractivity contribution in [1.82, 2.24) is 0 Å². The van der Waals surface area contributed by atoms with Crippen LogP contribution in [0.1, 0.15) is 36.5 Å². The van der Waals surface area contributed by atoms with Crippen molar-refractivity contribution in [1.29, 1.82) is 0 Å². The zero-order valence-corrected chi connectivity index (χ0v) is 8.55. The second-order valence-corrected chi connectivity index (χ2v) is 3.00. The van der Waals surface area contributed by atoms with Crippen LogP contribution in [0.4, 0.5) is 0 Å². The highest BCUT2D eigenvalue weighted by Crippen LogP contribution is 2.00. The highest BCUT2D eigenvalue weighted by atomic mass is 16.3. The van der Waals surface area contributed by atoms with Crippen molar-refractivity contribution in [3.05, 3.63) is 35.1 Å². The maximum atomic E-state index is 10.8. The maximum Gasteiger partial charge on any atom is 0.155 e. The molecule has 0 bridgehead atoms. The first-order chi connectivity index (χ1) is 5.95. The van der Waals surface area contributed by atoms with E-state index in [1.54, 1.807) is 32.1 Å². The number of hydrogen-bond donors (Lipinski definition) is 0. The van der Waals surface area contributed by atoms with Gasteiger partial charge in [0.05, 0.1) is 0 Å². The van der Waals surface area contributed by atoms with Gasteiger partial charge in [-0.2, -0.15) is 0 Å². The van der Waals surface area contributed by atoms with Crippen LogP contribution in [-0.2, 0) is 4.79 Å². The Balaban J connectivity index is -0.000000720. The Kier molecular flexibility index (Phi) is 7.73. The lowest BCUT2D eigenvalue weighted by Gasteiger charge is -2.05. The molecule has 0 rings (SSSR count). The number of hydrogen-bond acceptors (Lipinski definition) is 2. The van der Waals surface area contributed by atoms with Crippen molar-refractivity contribution in [2.75, 3.05) is 0 Å². The lowest BCUT2D eigenvalue weighted by molar-refractivity contribution is -0.303. The molecule has 0 radical (unpaired) electrons. The third kappa shape index (κ3) is 6.23. The molecular weight excluding hydrogens is 176 g/mol. The zero-order chi connectivity index (χ0) is 10.4. The van der Waals surface area contributed by atoms with Crippen molar-refractivity contribution in [2.24, 2.45) is 0 Å². The minimum absolute atomic E-state index is 0. The molecule has 0 saturated carbocycles. The van der Waals surface area contributed by atoms with Crippen LogP contribution in [0.3, 0.4) is 0 Å². The molecule has 0 unspecified atom stereocenters. The van der Waals surface area contributed by atoms with Gasteiger partial charge in [0.25, 0.3) is 0 Å². The first-order valence-electron chi connectivity index (χ1n) is 4.15. The van der Waals surface area contributed by atoms with Gasteiger partial charge in [0.1, 0.15) is 0 Å². The Labute approximate surface area is 88.1 Å². The summed E-state index contributed by atoms with van der Waals surface area (Å²) in [5.74, 6) is 0.0928. The smallest absolute Gasteiger partial charge is 0.155 e. The minimum Gasteiger partial charge on any atom is -0.875 e. The summed E-state index contributed by atoms with van der Waals surface area (Å²) in [5, 5.41) is 10.8. The van der Waals surface area contributed by atoms with E-state index in [2.05, 4.69) is 0 Å². The van der Waals surface area contributed by atoms with E-state index in [0.29, 0.717) is 11.1 Å². The molecule has 82 valence electrons. The molecule has 2 heteroatoms. The van der Waals surface area contributed by atoms with E-state index in [1.807, 2.05) is 0 Å². The van der Waals surface area contributed by atoms with Crippen LogP contribution in [0, 0.1) is 0 Å². The van der Waals surface area contributed by atoms with E-state index in [4.69, 9.17) is 0 Å². The molecule has 0 aliphatic carbocycles. The van der Waals surface area contributed by atoms with Crippen LogP contribution in [0.15, 0.2) is 35.1 Å². The van der Waals surface area contributed by atoms with E-state index < -0.39 is 0 Å². The van der Waals surface area contributed by atoms with Crippen LogP contribution in [0.25, 0.3) is 0 Å². The Hall–Kier alpha value is -1.31. The quantitative estimate of drug-likeness (QED) is 0.397. The van der Waals surface area contributed by atoms with Gasteiger partial charge in [-0.15, -0.1) is 5.76 Å². The van der Waals surface area contributed by atoms with E-state index in [9.17, 15) is 9.90 Å². The first-order valence-corrected chi connectivity index (χ1v) is 4.15. The molecule has 0 atom stereocenters. The SMILES string of the molecule is C.CC(=O)/C(C)=C/C=C/C(C)=C(/C)[O-].[2HH]. The Morgan fingerprint density at radius 3 is 2.07 bits per heavy atom. The van der Waals surface area contributed by atoms with Gasteiger partial charge in [0, 0.05) is 1.43 Å². The standard InChI is InChI=1S/C11H16O2.CH4.H2/c1-8(10(3)12)6-5-7-9(2)11(4)13;;/h5-7,12H,1-4H3;1H4;1H/p-1/b6-5+,9-7+,10-8-;;/i;;1+1. The van der Waals surface area contributed by atoms with Gasteiger partial charge in [-0.3, -0.25) is 4.79 Å². The third-order valence-corrected chi connectivity index (χ3v) is 1.80. The molecule has 0 N–H and O–H groups in total. The molecule has 0 amide bonds. The summed E-state index contributed by atoms with van der Waals surface area (Å²) in [5.41, 5.74) is 1.38. The fourth-order valence-corrected chi connectivity index (χ4v) is 0.571. The Morgan fingerprint density at radius 2 is 1.71 bits per heavy atom. The molecule has 0 aliphatic rings. The predicted octanol–water partition coefficient (Wildman–Crippen LogP) is 2.61. The van der Waals surface area contributed by atoms with Crippen molar-refractivity contribution < 1.29 is 11.3 Å². The van der Waals surface area contributed by atoms with Crippen molar-refractivity contribution >= 4 is 5.78 Å². The summed E-state index contributed by atoms with van der Waals surface area (Å²) in [4.78, 5) is 10.8. The molecule has 0 aromatic heterocycles. The van der Waals surface area contributed by atoms with Crippen LogP contribution in [0.5, 0.6) is 0 Å². The van der Waals surface area contributed by atoms with Gasteiger partial charge >= 0.3 is 0 Å². The Bertz CT molecular complexity index is 282. The fraction of sp³-hybridized carbons (Fsp3) is 0.417. The molecule has 0 spiro atoms. The monoisotopic (exact) mass is 198 g/mol. The number of allylic oxidation sites excluding steroid dienone is 6. The van der Waals surface area contributed by atoms with Gasteiger partial charge in [0.15, 0.2) is 5.78 Å². The molecule has 14 heavy (non-hydrogen) atoms. The number of Topliss-reactive ketones (excluding diaryl/α,β-unsaturated/α-hetero) is 1. The fourth-order valence-electron chi connectivity index (χ4n) is 0.571. The van der Waals surface area contributed by atoms with Gasteiger partial charge < -0.3 is 5.11 Å². The van der Waals surface area contributed by atoms with Gasteiger partial charge in [0.2, 0.25) is 0 Å². The summed E-state index contributed by atoms with van der Waals surface area (Å²) in [6.07, 6.45) is 5.12. The Morgan fingerprint density at radius 1 is 1.21 bits per heavy atom. The summed E-state index contributed by atoms with van der Waals surface area (Å²) in [7, 11) is 0. The van der Waals surface area contributed by atoms with Gasteiger partial charge in [-0.1, -0.05) is 38.2 Å². The molecule has 0 heterocycles. The summed E-state index contributed by atoms with van der Waals surface area (Å²) >= 11 is 0. The molecule has 2 nitrogen and oxygen atoms in total. The zero-order valence-electron chi connectivity index (χ0n) is 8.55. The van der Waals surface area contributed by atoms with Gasteiger partial charge in [-0.25, -0.2) is 0 Å².